The molecule has 242 valence electrons. The molecule has 0 saturated carbocycles. The second kappa shape index (κ2) is 12.9. The first-order valence-corrected chi connectivity index (χ1v) is 15.5. The SMILES string of the molecule is COc1cc2c3cc1Oc1c(OC)c(OC)cc4c1[C@@H](Cc1ccc(O)c(c1)Oc1ccc(cc1)C[C@H]3N(C)CC2)N(C)CC4.Cl. The molecule has 8 nitrogen and oxygen atoms in total. The standard InChI is InChI=1S/C37H40N2O6.ClH/c1-38-14-12-24-19-32(41-3)33-21-27(24)28(38)16-22-6-9-26(10-7-22)44-31-18-23(8-11-30(31)40)17-29-35-25(13-15-39(29)2)20-34(42-4)36(43-5)37(35)45-33;/h6-11,18-21,28-29,40H,12-17H2,1-5H3;1H/t28-,29-;/m1./s1. The fourth-order valence-corrected chi connectivity index (χ4v) is 7.11. The zero-order valence-corrected chi connectivity index (χ0v) is 27.8. The summed E-state index contributed by atoms with van der Waals surface area (Å²) < 4.78 is 31.0. The molecule has 9 heteroatoms. The quantitative estimate of drug-likeness (QED) is 0.250. The number of nitrogens with zero attached hydrogens (tertiary/aromatic N) is 2. The van der Waals surface area contributed by atoms with Gasteiger partial charge in [0.15, 0.2) is 34.5 Å². The molecule has 0 spiro atoms. The summed E-state index contributed by atoms with van der Waals surface area (Å²) in [6.45, 7) is 1.82. The molecule has 0 unspecified atom stereocenters. The molecule has 0 aliphatic carbocycles. The molecule has 0 aromatic heterocycles. The summed E-state index contributed by atoms with van der Waals surface area (Å²) in [7, 11) is 9.33. The fraction of sp³-hybridized carbons (Fsp3) is 0.351. The van der Waals surface area contributed by atoms with E-state index in [4.69, 9.17) is 23.7 Å². The second-order valence-electron chi connectivity index (χ2n) is 12.3. The van der Waals surface area contributed by atoms with Crippen LogP contribution in [-0.2, 0) is 25.7 Å². The summed E-state index contributed by atoms with van der Waals surface area (Å²) in [6.07, 6.45) is 3.25. The van der Waals surface area contributed by atoms with Crippen molar-refractivity contribution in [2.24, 2.45) is 0 Å². The molecular weight excluding hydrogens is 604 g/mol. The van der Waals surface area contributed by atoms with Crippen molar-refractivity contribution in [3.63, 3.8) is 0 Å². The Balaban J connectivity index is 0.00000372. The van der Waals surface area contributed by atoms with Crippen LogP contribution in [0.3, 0.4) is 0 Å². The zero-order chi connectivity index (χ0) is 31.2. The summed E-state index contributed by atoms with van der Waals surface area (Å²) in [5, 5.41) is 10.7. The summed E-state index contributed by atoms with van der Waals surface area (Å²) in [4.78, 5) is 4.75. The molecule has 0 fully saturated rings. The Bertz CT molecular complexity index is 1740. The number of phenolic OH excluding ortho intramolecular Hbond substituents is 1. The van der Waals surface area contributed by atoms with Gasteiger partial charge in [-0.05, 0) is 110 Å². The Morgan fingerprint density at radius 3 is 2.07 bits per heavy atom. The van der Waals surface area contributed by atoms with Crippen LogP contribution in [0.15, 0.2) is 60.7 Å². The maximum Gasteiger partial charge on any atom is 0.204 e. The molecule has 4 aromatic carbocycles. The summed E-state index contributed by atoms with van der Waals surface area (Å²) in [6, 6.07) is 20.3. The third kappa shape index (κ3) is 5.70. The highest BCUT2D eigenvalue weighted by molar-refractivity contribution is 5.85. The van der Waals surface area contributed by atoms with E-state index in [0.29, 0.717) is 46.7 Å². The molecule has 1 N–H and O–H groups in total. The summed E-state index contributed by atoms with van der Waals surface area (Å²) in [5.74, 6) is 4.37. The lowest BCUT2D eigenvalue weighted by atomic mass is 9.87. The lowest BCUT2D eigenvalue weighted by molar-refractivity contribution is 0.220. The minimum atomic E-state index is -0.0402. The van der Waals surface area contributed by atoms with Gasteiger partial charge in [0, 0.05) is 30.7 Å². The average molecular weight is 645 g/mol. The zero-order valence-electron chi connectivity index (χ0n) is 27.0. The van der Waals surface area contributed by atoms with E-state index in [1.165, 1.54) is 16.7 Å². The number of hydrogen-bond donors (Lipinski definition) is 1. The van der Waals surface area contributed by atoms with E-state index in [1.54, 1.807) is 27.4 Å². The van der Waals surface area contributed by atoms with Crippen LogP contribution in [0.5, 0.6) is 46.0 Å². The number of likely N-dealkylation sites (N-methyl/N-ethyl adjacent to an activating group) is 2. The summed E-state index contributed by atoms with van der Waals surface area (Å²) in [5.41, 5.74) is 6.93. The topological polar surface area (TPSA) is 72.9 Å². The third-order valence-corrected chi connectivity index (χ3v) is 9.64. The van der Waals surface area contributed by atoms with E-state index in [0.717, 1.165) is 49.0 Å². The van der Waals surface area contributed by atoms with Gasteiger partial charge in [-0.2, -0.15) is 0 Å². The van der Waals surface area contributed by atoms with E-state index in [2.05, 4.69) is 54.2 Å². The molecule has 0 saturated heterocycles. The van der Waals surface area contributed by atoms with Crippen molar-refractivity contribution in [2.45, 2.75) is 37.8 Å². The predicted octanol–water partition coefficient (Wildman–Crippen LogP) is 7.28. The molecule has 4 aliphatic heterocycles. The highest BCUT2D eigenvalue weighted by atomic mass is 35.5. The van der Waals surface area contributed by atoms with E-state index in [1.807, 2.05) is 24.3 Å². The monoisotopic (exact) mass is 644 g/mol. The van der Waals surface area contributed by atoms with Gasteiger partial charge < -0.3 is 28.8 Å². The van der Waals surface area contributed by atoms with Gasteiger partial charge in [-0.3, -0.25) is 9.80 Å². The van der Waals surface area contributed by atoms with Gasteiger partial charge in [0.2, 0.25) is 5.75 Å². The van der Waals surface area contributed by atoms with E-state index in [-0.39, 0.29) is 30.2 Å². The van der Waals surface area contributed by atoms with Gasteiger partial charge in [-0.15, -0.1) is 12.4 Å². The fourth-order valence-electron chi connectivity index (χ4n) is 7.11. The summed E-state index contributed by atoms with van der Waals surface area (Å²) >= 11 is 0. The lowest BCUT2D eigenvalue weighted by Crippen LogP contribution is -2.34. The number of ether oxygens (including phenoxy) is 5. The van der Waals surface area contributed by atoms with Gasteiger partial charge in [0.1, 0.15) is 5.75 Å². The highest BCUT2D eigenvalue weighted by Gasteiger charge is 2.34. The van der Waals surface area contributed by atoms with Crippen molar-refractivity contribution in [2.75, 3.05) is 48.5 Å². The van der Waals surface area contributed by atoms with Crippen molar-refractivity contribution in [3.05, 3.63) is 94.0 Å². The minimum Gasteiger partial charge on any atom is -0.504 e. The van der Waals surface area contributed by atoms with Gasteiger partial charge in [0.05, 0.1) is 21.3 Å². The molecule has 2 atom stereocenters. The number of benzene rings is 4. The number of hydrogen-bond acceptors (Lipinski definition) is 8. The van der Waals surface area contributed by atoms with Crippen molar-refractivity contribution in [1.29, 1.82) is 0 Å². The Labute approximate surface area is 276 Å². The first-order valence-electron chi connectivity index (χ1n) is 15.5. The van der Waals surface area contributed by atoms with Crippen LogP contribution in [0, 0.1) is 0 Å². The molecule has 4 aromatic rings. The largest absolute Gasteiger partial charge is 0.504 e. The third-order valence-electron chi connectivity index (χ3n) is 9.64. The maximum absolute atomic E-state index is 10.7. The van der Waals surface area contributed by atoms with Crippen molar-refractivity contribution in [1.82, 2.24) is 9.80 Å². The number of methoxy groups -OCH3 is 3. The van der Waals surface area contributed by atoms with Crippen LogP contribution in [0.2, 0.25) is 0 Å². The van der Waals surface area contributed by atoms with E-state index in [9.17, 15) is 5.11 Å². The minimum absolute atomic E-state index is 0. The Hall–Kier alpha value is -4.11. The number of fused-ring (bicyclic) bond motifs is 2. The maximum atomic E-state index is 10.7. The average Bonchev–Trinajstić information content (AvgIpc) is 3.05. The first kappa shape index (κ1) is 31.9. The lowest BCUT2D eigenvalue weighted by Gasteiger charge is -2.37. The van der Waals surface area contributed by atoms with Gasteiger partial charge in [0.25, 0.3) is 0 Å². The molecule has 46 heavy (non-hydrogen) atoms. The van der Waals surface area contributed by atoms with Crippen molar-refractivity contribution < 1.29 is 28.8 Å². The second-order valence-corrected chi connectivity index (χ2v) is 12.3. The normalized spacial score (nSPS) is 19.0. The van der Waals surface area contributed by atoms with Gasteiger partial charge in [-0.1, -0.05) is 18.2 Å². The van der Waals surface area contributed by atoms with Crippen molar-refractivity contribution in [3.8, 4) is 46.0 Å². The Kier molecular flexibility index (Phi) is 8.97. The highest BCUT2D eigenvalue weighted by Crippen LogP contribution is 2.52. The van der Waals surface area contributed by atoms with Gasteiger partial charge >= 0.3 is 0 Å². The van der Waals surface area contributed by atoms with Crippen LogP contribution in [0.4, 0.5) is 0 Å². The number of phenols is 1. The Morgan fingerprint density at radius 1 is 0.696 bits per heavy atom. The number of rotatable bonds is 3. The van der Waals surface area contributed by atoms with Crippen LogP contribution in [-0.4, -0.2) is 63.4 Å². The van der Waals surface area contributed by atoms with Crippen LogP contribution >= 0.6 is 12.4 Å². The molecule has 4 heterocycles. The smallest absolute Gasteiger partial charge is 0.204 e. The van der Waals surface area contributed by atoms with E-state index >= 15 is 0 Å². The molecule has 6 bridgehead atoms. The van der Waals surface area contributed by atoms with Crippen LogP contribution in [0.1, 0.15) is 45.5 Å². The van der Waals surface area contributed by atoms with E-state index < -0.39 is 0 Å². The molecular formula is C37H41ClN2O6. The predicted molar refractivity (Wildman–Crippen MR) is 180 cm³/mol. The van der Waals surface area contributed by atoms with Crippen LogP contribution in [0.25, 0.3) is 0 Å². The number of aromatic hydroxyl groups is 1. The first-order chi connectivity index (χ1) is 21.9. The molecule has 4 aliphatic rings. The molecule has 8 rings (SSSR count). The molecule has 0 radical (unpaired) electrons. The molecule has 0 amide bonds. The van der Waals surface area contributed by atoms with Crippen molar-refractivity contribution >= 4 is 12.4 Å². The van der Waals surface area contributed by atoms with Crippen LogP contribution < -0.4 is 23.7 Å². The number of halogens is 1. The Morgan fingerprint density at radius 2 is 1.35 bits per heavy atom. The van der Waals surface area contributed by atoms with Gasteiger partial charge in [-0.25, -0.2) is 0 Å².